The summed E-state index contributed by atoms with van der Waals surface area (Å²) < 4.78 is 0. The van der Waals surface area contributed by atoms with Crippen LogP contribution in [-0.4, -0.2) is 37.7 Å². The lowest BCUT2D eigenvalue weighted by Gasteiger charge is -2.20. The summed E-state index contributed by atoms with van der Waals surface area (Å²) in [7, 11) is 9.07. The first-order valence-electron chi connectivity index (χ1n) is 6.39. The number of hydrogen-bond acceptors (Lipinski definition) is 2. The Balaban J connectivity index is 2.37. The van der Waals surface area contributed by atoms with Gasteiger partial charge in [-0.05, 0) is 22.5 Å². The zero-order valence-electron chi connectivity index (χ0n) is 12.0. The van der Waals surface area contributed by atoms with E-state index in [0.717, 1.165) is 0 Å². The van der Waals surface area contributed by atoms with Gasteiger partial charge in [-0.15, -0.1) is 0 Å². The molecule has 2 rings (SSSR count). The van der Waals surface area contributed by atoms with Crippen LogP contribution in [-0.2, 0) is 0 Å². The molecular formula is C16H20N2Si. The zero-order chi connectivity index (χ0) is 13.8. The monoisotopic (exact) mass is 268 g/mol. The summed E-state index contributed by atoms with van der Waals surface area (Å²) in [6.07, 6.45) is 0. The molecule has 0 amide bonds. The Labute approximate surface area is 118 Å². The van der Waals surface area contributed by atoms with E-state index in [1.165, 1.54) is 21.7 Å². The molecule has 3 heteroatoms. The van der Waals surface area contributed by atoms with Crippen molar-refractivity contribution in [3.63, 3.8) is 0 Å². The molecule has 2 radical (unpaired) electrons. The van der Waals surface area contributed by atoms with E-state index in [0.29, 0.717) is 9.52 Å². The van der Waals surface area contributed by atoms with Crippen LogP contribution in [0.4, 0.5) is 11.4 Å². The van der Waals surface area contributed by atoms with E-state index in [1.54, 1.807) is 0 Å². The molecular weight excluding hydrogens is 248 g/mol. The molecule has 2 nitrogen and oxygen atoms in total. The molecule has 0 saturated heterocycles. The zero-order valence-corrected chi connectivity index (χ0v) is 13.0. The van der Waals surface area contributed by atoms with Crippen LogP contribution in [0, 0.1) is 0 Å². The molecule has 0 saturated carbocycles. The van der Waals surface area contributed by atoms with Crippen LogP contribution >= 0.6 is 0 Å². The van der Waals surface area contributed by atoms with E-state index in [1.807, 2.05) is 0 Å². The second-order valence-electron chi connectivity index (χ2n) is 4.95. The van der Waals surface area contributed by atoms with Gasteiger partial charge in [-0.25, -0.2) is 0 Å². The first-order valence-corrected chi connectivity index (χ1v) is 7.39. The van der Waals surface area contributed by atoms with Gasteiger partial charge < -0.3 is 9.80 Å². The van der Waals surface area contributed by atoms with Gasteiger partial charge in [-0.1, -0.05) is 36.4 Å². The molecule has 19 heavy (non-hydrogen) atoms. The molecule has 0 N–H and O–H groups in total. The fourth-order valence-corrected chi connectivity index (χ4v) is 3.60. The van der Waals surface area contributed by atoms with Crippen molar-refractivity contribution in [1.82, 2.24) is 0 Å². The van der Waals surface area contributed by atoms with Crippen LogP contribution in [0.25, 0.3) is 0 Å². The SMILES string of the molecule is CN(C)c1ccccc1[Si]c1ccccc1N(C)C. The number of para-hydroxylation sites is 2. The maximum atomic E-state index is 2.22. The van der Waals surface area contributed by atoms with Crippen molar-refractivity contribution in [3.05, 3.63) is 48.5 Å². The van der Waals surface area contributed by atoms with Gasteiger partial charge in [-0.2, -0.15) is 0 Å². The number of nitrogens with zero attached hydrogens (tertiary/aromatic N) is 2. The summed E-state index contributed by atoms with van der Waals surface area (Å²) in [5.41, 5.74) is 2.60. The van der Waals surface area contributed by atoms with Crippen LogP contribution in [0.2, 0.25) is 0 Å². The van der Waals surface area contributed by atoms with Gasteiger partial charge in [-0.3, -0.25) is 0 Å². The summed E-state index contributed by atoms with van der Waals surface area (Å²) in [5, 5.41) is 2.78. The highest BCUT2D eigenvalue weighted by molar-refractivity contribution is 6.70. The Morgan fingerprint density at radius 1 is 0.632 bits per heavy atom. The quantitative estimate of drug-likeness (QED) is 0.775. The van der Waals surface area contributed by atoms with E-state index >= 15 is 0 Å². The predicted octanol–water partition coefficient (Wildman–Crippen LogP) is 1.47. The molecule has 0 fully saturated rings. The molecule has 98 valence electrons. The maximum absolute atomic E-state index is 2.22. The Hall–Kier alpha value is -1.74. The lowest BCUT2D eigenvalue weighted by molar-refractivity contribution is 1.14. The van der Waals surface area contributed by atoms with Crippen molar-refractivity contribution in [1.29, 1.82) is 0 Å². The molecule has 2 aromatic rings. The van der Waals surface area contributed by atoms with Crippen molar-refractivity contribution >= 4 is 31.3 Å². The fourth-order valence-electron chi connectivity index (χ4n) is 2.08. The van der Waals surface area contributed by atoms with Crippen molar-refractivity contribution in [3.8, 4) is 0 Å². The van der Waals surface area contributed by atoms with Crippen molar-refractivity contribution < 1.29 is 0 Å². The third kappa shape index (κ3) is 3.18. The second kappa shape index (κ2) is 5.93. The molecule has 0 aromatic heterocycles. The molecule has 0 aliphatic rings. The van der Waals surface area contributed by atoms with Crippen LogP contribution in [0.3, 0.4) is 0 Å². The average molecular weight is 268 g/mol. The van der Waals surface area contributed by atoms with Gasteiger partial charge in [0.05, 0.1) is 0 Å². The third-order valence-corrected chi connectivity index (χ3v) is 4.43. The number of hydrogen-bond donors (Lipinski definition) is 0. The minimum absolute atomic E-state index is 0.677. The van der Waals surface area contributed by atoms with Crippen molar-refractivity contribution in [2.45, 2.75) is 0 Å². The third-order valence-electron chi connectivity index (χ3n) is 3.04. The Bertz CT molecular complexity index is 500. The lowest BCUT2D eigenvalue weighted by Crippen LogP contribution is -2.34. The van der Waals surface area contributed by atoms with Crippen LogP contribution in [0.5, 0.6) is 0 Å². The van der Waals surface area contributed by atoms with E-state index < -0.39 is 0 Å². The lowest BCUT2D eigenvalue weighted by atomic mass is 10.3. The van der Waals surface area contributed by atoms with Gasteiger partial charge in [0.15, 0.2) is 0 Å². The molecule has 0 bridgehead atoms. The standard InChI is InChI=1S/C16H20N2Si/c1-17(2)13-9-5-7-11-15(13)19-16-12-8-6-10-14(16)18(3)4/h5-12H,1-4H3. The van der Waals surface area contributed by atoms with Gasteiger partial charge >= 0.3 is 0 Å². The molecule has 0 unspecified atom stereocenters. The largest absolute Gasteiger partial charge is 0.378 e. The molecule has 0 spiro atoms. The highest BCUT2D eigenvalue weighted by Gasteiger charge is 2.09. The first kappa shape index (κ1) is 13.7. The Morgan fingerprint density at radius 2 is 1.00 bits per heavy atom. The summed E-state index contributed by atoms with van der Waals surface area (Å²) in [4.78, 5) is 4.36. The normalized spacial score (nSPS) is 10.3. The van der Waals surface area contributed by atoms with E-state index in [-0.39, 0.29) is 0 Å². The summed E-state index contributed by atoms with van der Waals surface area (Å²) in [6.45, 7) is 0. The first-order chi connectivity index (χ1) is 9.09. The fraction of sp³-hybridized carbons (Fsp3) is 0.250. The van der Waals surface area contributed by atoms with E-state index in [2.05, 4.69) is 86.5 Å². The summed E-state index contributed by atoms with van der Waals surface area (Å²) in [6, 6.07) is 17.2. The molecule has 2 aromatic carbocycles. The van der Waals surface area contributed by atoms with Crippen LogP contribution in [0.1, 0.15) is 0 Å². The Morgan fingerprint density at radius 3 is 1.37 bits per heavy atom. The number of benzene rings is 2. The average Bonchev–Trinajstić information content (AvgIpc) is 2.39. The van der Waals surface area contributed by atoms with Gasteiger partial charge in [0.25, 0.3) is 0 Å². The molecule has 0 heterocycles. The van der Waals surface area contributed by atoms with Crippen LogP contribution in [0.15, 0.2) is 48.5 Å². The van der Waals surface area contributed by atoms with Gasteiger partial charge in [0, 0.05) is 39.6 Å². The Kier molecular flexibility index (Phi) is 4.27. The summed E-state index contributed by atoms with van der Waals surface area (Å²) >= 11 is 0. The topological polar surface area (TPSA) is 6.48 Å². The van der Waals surface area contributed by atoms with Gasteiger partial charge in [0.2, 0.25) is 0 Å². The molecule has 0 aliphatic carbocycles. The van der Waals surface area contributed by atoms with E-state index in [9.17, 15) is 0 Å². The second-order valence-corrected chi connectivity index (χ2v) is 6.28. The number of anilines is 2. The minimum Gasteiger partial charge on any atom is -0.378 e. The van der Waals surface area contributed by atoms with Crippen molar-refractivity contribution in [2.24, 2.45) is 0 Å². The highest BCUT2D eigenvalue weighted by Crippen LogP contribution is 2.09. The highest BCUT2D eigenvalue weighted by atomic mass is 28.2. The van der Waals surface area contributed by atoms with Crippen LogP contribution < -0.4 is 20.2 Å². The predicted molar refractivity (Wildman–Crippen MR) is 86.6 cm³/mol. The summed E-state index contributed by atoms with van der Waals surface area (Å²) in [5.74, 6) is 0. The number of rotatable bonds is 4. The maximum Gasteiger partial charge on any atom is 0.127 e. The smallest absolute Gasteiger partial charge is 0.127 e. The van der Waals surface area contributed by atoms with Crippen molar-refractivity contribution in [2.75, 3.05) is 38.0 Å². The van der Waals surface area contributed by atoms with Gasteiger partial charge in [0.1, 0.15) is 9.52 Å². The van der Waals surface area contributed by atoms with E-state index in [4.69, 9.17) is 0 Å². The molecule has 0 aliphatic heterocycles. The molecule has 0 atom stereocenters. The minimum atomic E-state index is 0.677.